The lowest BCUT2D eigenvalue weighted by molar-refractivity contribution is -0.384. The van der Waals surface area contributed by atoms with Crippen molar-refractivity contribution >= 4 is 23.2 Å². The standard InChI is InChI=1S/C23H20N2O2S/c26-25(27)21-14-16(10-11-17(21)15-6-2-1-3-7-15)22-18-8-4-5-9-19(18)24-20-12-13-28-23(20)22/h1-3,6-8,10-11,14,22H,4-5,9,12-13H2. The van der Waals surface area contributed by atoms with E-state index in [0.717, 1.165) is 42.6 Å². The molecule has 140 valence electrons. The van der Waals surface area contributed by atoms with E-state index >= 15 is 0 Å². The van der Waals surface area contributed by atoms with Gasteiger partial charge in [-0.05, 0) is 48.4 Å². The van der Waals surface area contributed by atoms with E-state index in [0.29, 0.717) is 5.56 Å². The van der Waals surface area contributed by atoms with Crippen LogP contribution in [0.4, 0.5) is 5.69 Å². The van der Waals surface area contributed by atoms with E-state index in [1.807, 2.05) is 48.2 Å². The zero-order chi connectivity index (χ0) is 19.1. The van der Waals surface area contributed by atoms with E-state index < -0.39 is 0 Å². The van der Waals surface area contributed by atoms with Crippen LogP contribution in [0.2, 0.25) is 0 Å². The van der Waals surface area contributed by atoms with Gasteiger partial charge in [0.1, 0.15) is 0 Å². The third-order valence-electron chi connectivity index (χ3n) is 5.68. The molecule has 5 heteroatoms. The first-order valence-corrected chi connectivity index (χ1v) is 10.7. The highest BCUT2D eigenvalue weighted by Gasteiger charge is 2.35. The maximum Gasteiger partial charge on any atom is 0.277 e. The van der Waals surface area contributed by atoms with Crippen molar-refractivity contribution in [3.63, 3.8) is 0 Å². The first kappa shape index (κ1) is 17.4. The number of nitrogens with zero attached hydrogens (tertiary/aromatic N) is 2. The minimum absolute atomic E-state index is 0.0961. The number of nitro benzene ring substituents is 1. The molecule has 0 spiro atoms. The highest BCUT2D eigenvalue weighted by Crippen LogP contribution is 2.50. The molecule has 0 saturated carbocycles. The predicted molar refractivity (Wildman–Crippen MR) is 115 cm³/mol. The average molecular weight is 388 g/mol. The molecule has 2 aromatic rings. The maximum absolute atomic E-state index is 11.9. The van der Waals surface area contributed by atoms with Crippen molar-refractivity contribution in [3.8, 4) is 11.1 Å². The summed E-state index contributed by atoms with van der Waals surface area (Å²) in [5, 5.41) is 11.9. The van der Waals surface area contributed by atoms with Crippen LogP contribution in [0.5, 0.6) is 0 Å². The monoisotopic (exact) mass is 388 g/mol. The predicted octanol–water partition coefficient (Wildman–Crippen LogP) is 6.26. The first-order chi connectivity index (χ1) is 13.7. The van der Waals surface area contributed by atoms with Crippen LogP contribution in [-0.2, 0) is 0 Å². The molecule has 0 saturated heterocycles. The van der Waals surface area contributed by atoms with Crippen LogP contribution in [0.25, 0.3) is 11.1 Å². The summed E-state index contributed by atoms with van der Waals surface area (Å²) in [6.07, 6.45) is 6.50. The zero-order valence-electron chi connectivity index (χ0n) is 15.4. The number of hydrogen-bond acceptors (Lipinski definition) is 4. The van der Waals surface area contributed by atoms with Crippen LogP contribution >= 0.6 is 11.8 Å². The topological polar surface area (TPSA) is 55.5 Å². The molecule has 0 radical (unpaired) electrons. The molecule has 3 aliphatic rings. The van der Waals surface area contributed by atoms with Crippen molar-refractivity contribution in [3.05, 3.63) is 86.5 Å². The molecule has 2 heterocycles. The van der Waals surface area contributed by atoms with E-state index in [1.54, 1.807) is 6.07 Å². The highest BCUT2D eigenvalue weighted by atomic mass is 32.2. The second-order valence-electron chi connectivity index (χ2n) is 7.35. The van der Waals surface area contributed by atoms with Gasteiger partial charge in [-0.25, -0.2) is 0 Å². The molecule has 0 amide bonds. The van der Waals surface area contributed by atoms with Crippen molar-refractivity contribution in [2.24, 2.45) is 4.99 Å². The Morgan fingerprint density at radius 2 is 1.96 bits per heavy atom. The van der Waals surface area contributed by atoms with Crippen molar-refractivity contribution in [2.75, 3.05) is 5.75 Å². The molecule has 1 atom stereocenters. The lowest BCUT2D eigenvalue weighted by Gasteiger charge is -2.30. The third-order valence-corrected chi connectivity index (χ3v) is 6.87. The summed E-state index contributed by atoms with van der Waals surface area (Å²) in [5.41, 5.74) is 6.37. The Hall–Kier alpha value is -2.66. The van der Waals surface area contributed by atoms with Crippen molar-refractivity contribution in [2.45, 2.75) is 31.6 Å². The van der Waals surface area contributed by atoms with Gasteiger partial charge in [-0.2, -0.15) is 0 Å². The van der Waals surface area contributed by atoms with E-state index in [1.165, 1.54) is 21.9 Å². The lowest BCUT2D eigenvalue weighted by atomic mass is 9.80. The van der Waals surface area contributed by atoms with Gasteiger partial charge in [0.2, 0.25) is 0 Å². The molecule has 0 N–H and O–H groups in total. The van der Waals surface area contributed by atoms with Gasteiger partial charge in [-0.1, -0.05) is 42.5 Å². The fraction of sp³-hybridized carbons (Fsp3) is 0.261. The highest BCUT2D eigenvalue weighted by molar-refractivity contribution is 8.03. The maximum atomic E-state index is 11.9. The minimum Gasteiger partial charge on any atom is -0.258 e. The quantitative estimate of drug-likeness (QED) is 0.461. The largest absolute Gasteiger partial charge is 0.277 e. The van der Waals surface area contributed by atoms with Crippen LogP contribution < -0.4 is 0 Å². The Labute approximate surface area is 168 Å². The number of benzene rings is 2. The van der Waals surface area contributed by atoms with Gasteiger partial charge in [-0.15, -0.1) is 11.8 Å². The average Bonchev–Trinajstić information content (AvgIpc) is 3.20. The van der Waals surface area contributed by atoms with Crippen LogP contribution in [0.3, 0.4) is 0 Å². The van der Waals surface area contributed by atoms with E-state index in [2.05, 4.69) is 12.1 Å². The lowest BCUT2D eigenvalue weighted by Crippen LogP contribution is -2.20. The number of thioether (sulfide) groups is 1. The van der Waals surface area contributed by atoms with Crippen LogP contribution in [0.1, 0.15) is 37.2 Å². The number of aliphatic imine (C=N–C) groups is 1. The Kier molecular flexibility index (Phi) is 4.40. The van der Waals surface area contributed by atoms with Crippen molar-refractivity contribution in [1.29, 1.82) is 0 Å². The van der Waals surface area contributed by atoms with E-state index in [4.69, 9.17) is 4.99 Å². The summed E-state index contributed by atoms with van der Waals surface area (Å²) in [6.45, 7) is 0. The number of rotatable bonds is 3. The molecule has 0 fully saturated rings. The van der Waals surface area contributed by atoms with Gasteiger partial charge in [-0.3, -0.25) is 15.1 Å². The normalized spacial score (nSPS) is 20.9. The second kappa shape index (κ2) is 7.06. The first-order valence-electron chi connectivity index (χ1n) is 9.70. The summed E-state index contributed by atoms with van der Waals surface area (Å²) in [6, 6.07) is 15.4. The molecule has 28 heavy (non-hydrogen) atoms. The van der Waals surface area contributed by atoms with Gasteiger partial charge in [0.25, 0.3) is 5.69 Å². The molecule has 0 bridgehead atoms. The molecule has 2 aromatic carbocycles. The molecule has 2 aliphatic heterocycles. The summed E-state index contributed by atoms with van der Waals surface area (Å²) >= 11 is 1.86. The minimum atomic E-state index is -0.254. The SMILES string of the molecule is O=[N+]([O-])c1cc(C2C3=CCCCC3=NC3=C2SCC3)ccc1-c1ccccc1. The zero-order valence-corrected chi connectivity index (χ0v) is 16.2. The molecular weight excluding hydrogens is 368 g/mol. The van der Waals surface area contributed by atoms with E-state index in [9.17, 15) is 10.1 Å². The Morgan fingerprint density at radius 3 is 2.79 bits per heavy atom. The van der Waals surface area contributed by atoms with Gasteiger partial charge >= 0.3 is 0 Å². The summed E-state index contributed by atoms with van der Waals surface area (Å²) in [5.74, 6) is 1.15. The summed E-state index contributed by atoms with van der Waals surface area (Å²) < 4.78 is 0. The number of nitro groups is 1. The molecular formula is C23H20N2O2S. The molecule has 1 aliphatic carbocycles. The van der Waals surface area contributed by atoms with Crippen LogP contribution in [-0.4, -0.2) is 16.4 Å². The van der Waals surface area contributed by atoms with Gasteiger partial charge in [0, 0.05) is 28.4 Å². The number of fused-ring (bicyclic) bond motifs is 1. The van der Waals surface area contributed by atoms with Crippen molar-refractivity contribution in [1.82, 2.24) is 0 Å². The fourth-order valence-electron chi connectivity index (χ4n) is 4.40. The van der Waals surface area contributed by atoms with Crippen LogP contribution in [0.15, 0.2) is 75.8 Å². The molecule has 4 nitrogen and oxygen atoms in total. The molecule has 5 rings (SSSR count). The van der Waals surface area contributed by atoms with Crippen molar-refractivity contribution < 1.29 is 4.92 Å². The van der Waals surface area contributed by atoms with Crippen LogP contribution in [0, 0.1) is 10.1 Å². The number of allylic oxidation sites excluding steroid dienone is 4. The van der Waals surface area contributed by atoms with Gasteiger partial charge in [0.15, 0.2) is 0 Å². The number of hydrogen-bond donors (Lipinski definition) is 0. The summed E-state index contributed by atoms with van der Waals surface area (Å²) in [7, 11) is 0. The Morgan fingerprint density at radius 1 is 1.11 bits per heavy atom. The summed E-state index contributed by atoms with van der Waals surface area (Å²) in [4.78, 5) is 17.9. The molecule has 1 unspecified atom stereocenters. The Bertz CT molecular complexity index is 1050. The van der Waals surface area contributed by atoms with Gasteiger partial charge < -0.3 is 0 Å². The molecule has 0 aromatic heterocycles. The smallest absolute Gasteiger partial charge is 0.258 e. The Balaban J connectivity index is 1.65. The van der Waals surface area contributed by atoms with E-state index in [-0.39, 0.29) is 16.5 Å². The fourth-order valence-corrected chi connectivity index (χ4v) is 5.65. The second-order valence-corrected chi connectivity index (χ2v) is 8.49. The van der Waals surface area contributed by atoms with Gasteiger partial charge in [0.05, 0.1) is 16.2 Å². The third kappa shape index (κ3) is 2.90.